The molecule has 20 heavy (non-hydrogen) atoms. The molecule has 1 aromatic carbocycles. The first-order chi connectivity index (χ1) is 9.66. The molecule has 0 radical (unpaired) electrons. The van der Waals surface area contributed by atoms with Crippen molar-refractivity contribution in [1.29, 1.82) is 0 Å². The number of nitrogens with two attached hydrogens (primary N) is 2. The molecule has 2 aromatic rings. The number of benzene rings is 1. The quantitative estimate of drug-likeness (QED) is 0.827. The summed E-state index contributed by atoms with van der Waals surface area (Å²) in [5.41, 5.74) is 7.50. The lowest BCUT2D eigenvalue weighted by molar-refractivity contribution is 0.424. The normalized spacial score (nSPS) is 16.4. The molecule has 4 N–H and O–H groups in total. The van der Waals surface area contributed by atoms with Gasteiger partial charge in [-0.3, -0.25) is 0 Å². The Morgan fingerprint density at radius 2 is 1.75 bits per heavy atom. The molecule has 0 spiro atoms. The first kappa shape index (κ1) is 13.0. The van der Waals surface area contributed by atoms with Crippen molar-refractivity contribution in [1.82, 2.24) is 9.66 Å². The smallest absolute Gasteiger partial charge is 0.150 e. The summed E-state index contributed by atoms with van der Waals surface area (Å²) in [5, 5.41) is 0. The predicted octanol–water partition coefficient (Wildman–Crippen LogP) is 3.03. The minimum Gasteiger partial charge on any atom is -0.382 e. The van der Waals surface area contributed by atoms with Crippen molar-refractivity contribution in [3.05, 3.63) is 35.9 Å². The van der Waals surface area contributed by atoms with Gasteiger partial charge in [-0.1, -0.05) is 19.3 Å². The lowest BCUT2D eigenvalue weighted by Gasteiger charge is -2.20. The summed E-state index contributed by atoms with van der Waals surface area (Å²) in [6.45, 7) is 0. The molecule has 0 saturated heterocycles. The van der Waals surface area contributed by atoms with E-state index < -0.39 is 0 Å². The van der Waals surface area contributed by atoms with E-state index in [2.05, 4.69) is 4.98 Å². The van der Waals surface area contributed by atoms with E-state index in [0.717, 1.165) is 24.2 Å². The maximum absolute atomic E-state index is 13.0. The Morgan fingerprint density at radius 1 is 1.10 bits per heavy atom. The molecule has 1 aliphatic rings. The molecule has 0 atom stereocenters. The second-order valence-corrected chi connectivity index (χ2v) is 5.42. The molecular weight excluding hydrogens is 255 g/mol. The zero-order chi connectivity index (χ0) is 14.1. The second-order valence-electron chi connectivity index (χ2n) is 5.42. The summed E-state index contributed by atoms with van der Waals surface area (Å²) in [5.74, 6) is 7.46. The van der Waals surface area contributed by atoms with Gasteiger partial charge in [0.25, 0.3) is 0 Å². The van der Waals surface area contributed by atoms with Crippen molar-refractivity contribution >= 4 is 5.82 Å². The minimum absolute atomic E-state index is 0.271. The summed E-state index contributed by atoms with van der Waals surface area (Å²) in [6, 6.07) is 6.17. The van der Waals surface area contributed by atoms with Crippen molar-refractivity contribution in [3.8, 4) is 11.3 Å². The van der Waals surface area contributed by atoms with Crippen LogP contribution in [0.5, 0.6) is 0 Å². The maximum Gasteiger partial charge on any atom is 0.150 e. The molecule has 106 valence electrons. The van der Waals surface area contributed by atoms with Crippen LogP contribution in [0.1, 0.15) is 43.8 Å². The van der Waals surface area contributed by atoms with Crippen molar-refractivity contribution in [2.75, 3.05) is 11.6 Å². The third kappa shape index (κ3) is 2.24. The lowest BCUT2D eigenvalue weighted by Crippen LogP contribution is -2.19. The first-order valence-corrected chi connectivity index (χ1v) is 7.06. The molecule has 0 aliphatic heterocycles. The fraction of sp³-hybridized carbons (Fsp3) is 0.400. The zero-order valence-corrected chi connectivity index (χ0v) is 11.3. The third-order valence-corrected chi connectivity index (χ3v) is 4.06. The number of rotatable bonds is 2. The van der Waals surface area contributed by atoms with Crippen LogP contribution < -0.4 is 11.6 Å². The van der Waals surface area contributed by atoms with Gasteiger partial charge in [-0.05, 0) is 37.1 Å². The van der Waals surface area contributed by atoms with Crippen LogP contribution in [-0.4, -0.2) is 9.66 Å². The SMILES string of the molecule is Nc1c(-c2ccc(F)cc2)nc(C2CCCCC2)n1N. The van der Waals surface area contributed by atoms with E-state index in [1.54, 1.807) is 12.1 Å². The molecule has 1 aliphatic carbocycles. The van der Waals surface area contributed by atoms with Gasteiger partial charge in [0.05, 0.1) is 0 Å². The highest BCUT2D eigenvalue weighted by Crippen LogP contribution is 2.35. The Bertz CT molecular complexity index is 597. The van der Waals surface area contributed by atoms with Gasteiger partial charge in [0.1, 0.15) is 17.3 Å². The summed E-state index contributed by atoms with van der Waals surface area (Å²) in [6.07, 6.45) is 5.92. The molecule has 4 nitrogen and oxygen atoms in total. The van der Waals surface area contributed by atoms with Crippen molar-refractivity contribution in [3.63, 3.8) is 0 Å². The molecule has 0 unspecified atom stereocenters. The minimum atomic E-state index is -0.271. The van der Waals surface area contributed by atoms with E-state index in [1.807, 2.05) is 0 Å². The fourth-order valence-electron chi connectivity index (χ4n) is 2.93. The maximum atomic E-state index is 13.0. The van der Waals surface area contributed by atoms with E-state index in [1.165, 1.54) is 36.1 Å². The summed E-state index contributed by atoms with van der Waals surface area (Å²) in [7, 11) is 0. The predicted molar refractivity (Wildman–Crippen MR) is 78.0 cm³/mol. The highest BCUT2D eigenvalue weighted by Gasteiger charge is 2.23. The van der Waals surface area contributed by atoms with Crippen LogP contribution in [0.15, 0.2) is 24.3 Å². The third-order valence-electron chi connectivity index (χ3n) is 4.06. The van der Waals surface area contributed by atoms with Crippen molar-refractivity contribution in [2.24, 2.45) is 0 Å². The van der Waals surface area contributed by atoms with Crippen LogP contribution in [-0.2, 0) is 0 Å². The largest absolute Gasteiger partial charge is 0.382 e. The first-order valence-electron chi connectivity index (χ1n) is 7.06. The number of aromatic nitrogens is 2. The van der Waals surface area contributed by atoms with Crippen LogP contribution in [0.4, 0.5) is 10.2 Å². The number of imidazole rings is 1. The Morgan fingerprint density at radius 3 is 2.40 bits per heavy atom. The Hall–Kier alpha value is -2.04. The number of anilines is 1. The molecule has 0 bridgehead atoms. The van der Waals surface area contributed by atoms with Gasteiger partial charge in [-0.2, -0.15) is 0 Å². The van der Waals surface area contributed by atoms with Crippen LogP contribution in [0.2, 0.25) is 0 Å². The van der Waals surface area contributed by atoms with E-state index in [0.29, 0.717) is 17.4 Å². The number of nitrogen functional groups attached to an aromatic ring is 2. The van der Waals surface area contributed by atoms with Crippen LogP contribution in [0, 0.1) is 5.82 Å². The number of nitrogens with zero attached hydrogens (tertiary/aromatic N) is 2. The Balaban J connectivity index is 1.98. The molecule has 1 fully saturated rings. The molecular formula is C15H19FN4. The Kier molecular flexibility index (Phi) is 3.34. The summed E-state index contributed by atoms with van der Waals surface area (Å²) >= 11 is 0. The van der Waals surface area contributed by atoms with Gasteiger partial charge < -0.3 is 11.6 Å². The summed E-state index contributed by atoms with van der Waals surface area (Å²) < 4.78 is 14.5. The van der Waals surface area contributed by atoms with E-state index in [9.17, 15) is 4.39 Å². The zero-order valence-electron chi connectivity index (χ0n) is 11.3. The van der Waals surface area contributed by atoms with Gasteiger partial charge in [0.2, 0.25) is 0 Å². The van der Waals surface area contributed by atoms with Crippen LogP contribution in [0.3, 0.4) is 0 Å². The topological polar surface area (TPSA) is 69.9 Å². The molecule has 1 saturated carbocycles. The molecule has 3 rings (SSSR count). The molecule has 0 amide bonds. The molecule has 1 heterocycles. The van der Waals surface area contributed by atoms with E-state index in [4.69, 9.17) is 11.6 Å². The lowest BCUT2D eigenvalue weighted by atomic mass is 9.89. The fourth-order valence-corrected chi connectivity index (χ4v) is 2.93. The Labute approximate surface area is 117 Å². The van der Waals surface area contributed by atoms with E-state index >= 15 is 0 Å². The standard InChI is InChI=1S/C15H19FN4/c16-12-8-6-10(7-9-12)13-14(17)20(18)15(19-13)11-4-2-1-3-5-11/h6-9,11H,1-5,17-18H2. The number of hydrogen-bond donors (Lipinski definition) is 2. The van der Waals surface area contributed by atoms with Gasteiger partial charge in [0, 0.05) is 11.5 Å². The summed E-state index contributed by atoms with van der Waals surface area (Å²) in [4.78, 5) is 4.62. The number of halogens is 1. The van der Waals surface area contributed by atoms with E-state index in [-0.39, 0.29) is 5.82 Å². The average Bonchev–Trinajstić information content (AvgIpc) is 2.77. The van der Waals surface area contributed by atoms with Gasteiger partial charge >= 0.3 is 0 Å². The molecule has 1 aromatic heterocycles. The highest BCUT2D eigenvalue weighted by atomic mass is 19.1. The van der Waals surface area contributed by atoms with Gasteiger partial charge in [-0.15, -0.1) is 0 Å². The average molecular weight is 274 g/mol. The second kappa shape index (κ2) is 5.15. The van der Waals surface area contributed by atoms with Gasteiger partial charge in [0.15, 0.2) is 5.82 Å². The van der Waals surface area contributed by atoms with Crippen LogP contribution >= 0.6 is 0 Å². The molecule has 5 heteroatoms. The van der Waals surface area contributed by atoms with Crippen molar-refractivity contribution < 1.29 is 4.39 Å². The van der Waals surface area contributed by atoms with Gasteiger partial charge in [-0.25, -0.2) is 14.1 Å². The van der Waals surface area contributed by atoms with Crippen LogP contribution in [0.25, 0.3) is 11.3 Å². The monoisotopic (exact) mass is 274 g/mol. The van der Waals surface area contributed by atoms with Crippen molar-refractivity contribution in [2.45, 2.75) is 38.0 Å². The highest BCUT2D eigenvalue weighted by molar-refractivity contribution is 5.71. The number of hydrogen-bond acceptors (Lipinski definition) is 3.